The van der Waals surface area contributed by atoms with Crippen LogP contribution in [0.1, 0.15) is 12.0 Å². The van der Waals surface area contributed by atoms with E-state index < -0.39 is 51.3 Å². The lowest BCUT2D eigenvalue weighted by Crippen LogP contribution is -2.44. The first-order chi connectivity index (χ1) is 20.2. The van der Waals surface area contributed by atoms with Gasteiger partial charge in [0.1, 0.15) is 5.69 Å². The Morgan fingerprint density at radius 3 is 2.57 bits per heavy atom. The van der Waals surface area contributed by atoms with Gasteiger partial charge in [0.25, 0.3) is 0 Å². The van der Waals surface area contributed by atoms with Gasteiger partial charge in [-0.1, -0.05) is 30.3 Å². The number of ether oxygens (including phenoxy) is 1. The van der Waals surface area contributed by atoms with Crippen molar-refractivity contribution < 1.29 is 30.7 Å². The lowest BCUT2D eigenvalue weighted by atomic mass is 9.97. The fraction of sp³-hybridized carbons (Fsp3) is 0.250. The zero-order valence-electron chi connectivity index (χ0n) is 22.0. The fourth-order valence-electron chi connectivity index (χ4n) is 4.52. The van der Waals surface area contributed by atoms with Crippen LogP contribution >= 0.6 is 0 Å². The summed E-state index contributed by atoms with van der Waals surface area (Å²) >= 11 is 0. The molecule has 1 saturated heterocycles. The molecule has 0 aliphatic carbocycles. The van der Waals surface area contributed by atoms with Crippen LogP contribution < -0.4 is 20.1 Å². The molecule has 3 heterocycles. The van der Waals surface area contributed by atoms with Crippen LogP contribution in [0.2, 0.25) is 0 Å². The summed E-state index contributed by atoms with van der Waals surface area (Å²) in [5, 5.41) is 6.32. The van der Waals surface area contributed by atoms with Crippen molar-refractivity contribution in [1.82, 2.24) is 20.3 Å². The molecule has 0 bridgehead atoms. The van der Waals surface area contributed by atoms with E-state index in [1.807, 2.05) is 0 Å². The van der Waals surface area contributed by atoms with Crippen molar-refractivity contribution in [2.24, 2.45) is 5.92 Å². The molecular weight excluding hydrogens is 576 g/mol. The molecule has 0 radical (unpaired) electrons. The summed E-state index contributed by atoms with van der Waals surface area (Å²) in [6.45, 7) is 0.741. The molecule has 1 aliphatic rings. The number of nitrogens with one attached hydrogen (secondary N) is 3. The van der Waals surface area contributed by atoms with Gasteiger partial charge in [0.15, 0.2) is 17.4 Å². The number of pyridine rings is 1. The number of rotatable bonds is 10. The average molecular weight is 603 g/mol. The normalized spacial score (nSPS) is 17.0. The predicted molar refractivity (Wildman–Crippen MR) is 149 cm³/mol. The molecule has 14 heteroatoms. The zero-order valence-corrected chi connectivity index (χ0v) is 22.8. The third-order valence-corrected chi connectivity index (χ3v) is 7.71. The van der Waals surface area contributed by atoms with E-state index in [4.69, 9.17) is 4.74 Å². The third kappa shape index (κ3) is 6.94. The Hall–Kier alpha value is -4.30. The van der Waals surface area contributed by atoms with Gasteiger partial charge in [-0.15, -0.1) is 0 Å². The summed E-state index contributed by atoms with van der Waals surface area (Å²) < 4.78 is 90.3. The molecule has 5 rings (SSSR count). The van der Waals surface area contributed by atoms with E-state index in [2.05, 4.69) is 25.6 Å². The highest BCUT2D eigenvalue weighted by molar-refractivity contribution is 7.91. The van der Waals surface area contributed by atoms with Crippen LogP contribution in [0.15, 0.2) is 67.0 Å². The molecule has 1 fully saturated rings. The maximum Gasteiger partial charge on any atom is 0.237 e. The fourth-order valence-corrected chi connectivity index (χ4v) is 5.72. The van der Waals surface area contributed by atoms with Gasteiger partial charge < -0.3 is 15.4 Å². The molecule has 1 aliphatic heterocycles. The van der Waals surface area contributed by atoms with Gasteiger partial charge in [-0.25, -0.2) is 32.2 Å². The highest BCUT2D eigenvalue weighted by atomic mass is 32.2. The topological polar surface area (TPSA) is 118 Å². The van der Waals surface area contributed by atoms with Crippen LogP contribution in [-0.4, -0.2) is 49.2 Å². The number of benzene rings is 2. The Labute approximate surface area is 239 Å². The summed E-state index contributed by atoms with van der Waals surface area (Å²) in [6, 6.07) is 13.1. The lowest BCUT2D eigenvalue weighted by molar-refractivity contribution is 0.282. The number of hydrogen-bond donors (Lipinski definition) is 3. The summed E-state index contributed by atoms with van der Waals surface area (Å²) in [5.74, 6) is -6.30. The number of aromatic nitrogens is 3. The van der Waals surface area contributed by atoms with E-state index in [1.165, 1.54) is 24.5 Å². The molecule has 0 amide bonds. The van der Waals surface area contributed by atoms with Gasteiger partial charge in [-0.05, 0) is 30.2 Å². The first kappa shape index (κ1) is 29.2. The van der Waals surface area contributed by atoms with Crippen LogP contribution in [-0.2, 0) is 15.8 Å². The number of piperidine rings is 1. The number of halogens is 4. The second kappa shape index (κ2) is 12.7. The minimum atomic E-state index is -4.28. The van der Waals surface area contributed by atoms with Crippen LogP contribution in [0.4, 0.5) is 29.2 Å². The second-order valence-corrected chi connectivity index (χ2v) is 11.4. The number of nitrogens with zero attached hydrogens (tertiary/aromatic N) is 3. The predicted octanol–water partition coefficient (Wildman–Crippen LogP) is 5.05. The molecule has 2 aromatic heterocycles. The molecule has 2 atom stereocenters. The van der Waals surface area contributed by atoms with E-state index in [0.29, 0.717) is 36.8 Å². The van der Waals surface area contributed by atoms with Crippen LogP contribution in [0.5, 0.6) is 11.6 Å². The standard InChI is InChI=1S/C28H26F4N6O3S/c29-13-18-11-19(15-33-14-18)36-28-35-10-8-22(37-28)20-7-4-9-34-27(20)41-23-12-21(30)26(25(32)24(23)31)38-42(39,40)16-17-5-2-1-3-6-17/h1-10,12,18-19,33,38H,11,13-16H2,(H,35,36,37)/t18-,19+/m1/s1. The molecule has 2 aromatic carbocycles. The summed E-state index contributed by atoms with van der Waals surface area (Å²) in [7, 11) is -4.28. The minimum absolute atomic E-state index is 0.108. The van der Waals surface area contributed by atoms with Crippen molar-refractivity contribution in [3.63, 3.8) is 0 Å². The Morgan fingerprint density at radius 2 is 1.79 bits per heavy atom. The van der Waals surface area contributed by atoms with E-state index in [1.54, 1.807) is 41.1 Å². The SMILES string of the molecule is O=S(=O)(Cc1ccccc1)Nc1c(F)cc(Oc2ncccc2-c2ccnc(N[C@@H]3CNC[C@@H](CF)C3)n2)c(F)c1F. The Kier molecular flexibility index (Phi) is 8.83. The highest BCUT2D eigenvalue weighted by Gasteiger charge is 2.26. The minimum Gasteiger partial charge on any atom is -0.435 e. The molecule has 220 valence electrons. The van der Waals surface area contributed by atoms with Crippen molar-refractivity contribution in [3.8, 4) is 22.9 Å². The van der Waals surface area contributed by atoms with E-state index >= 15 is 4.39 Å². The number of alkyl halides is 1. The van der Waals surface area contributed by atoms with Gasteiger partial charge in [-0.2, -0.15) is 4.39 Å². The largest absolute Gasteiger partial charge is 0.435 e. The van der Waals surface area contributed by atoms with Crippen LogP contribution in [0, 0.1) is 23.4 Å². The van der Waals surface area contributed by atoms with E-state index in [0.717, 1.165) is 0 Å². The first-order valence-corrected chi connectivity index (χ1v) is 14.6. The Morgan fingerprint density at radius 1 is 0.976 bits per heavy atom. The molecule has 9 nitrogen and oxygen atoms in total. The van der Waals surface area contributed by atoms with E-state index in [-0.39, 0.29) is 29.4 Å². The van der Waals surface area contributed by atoms with Gasteiger partial charge in [0.2, 0.25) is 27.7 Å². The smallest absolute Gasteiger partial charge is 0.237 e. The Balaban J connectivity index is 1.37. The lowest BCUT2D eigenvalue weighted by Gasteiger charge is -2.29. The number of hydrogen-bond acceptors (Lipinski definition) is 8. The van der Waals surface area contributed by atoms with E-state index in [9.17, 15) is 21.6 Å². The maximum atomic E-state index is 15.1. The zero-order chi connectivity index (χ0) is 29.7. The molecule has 0 saturated carbocycles. The molecule has 4 aromatic rings. The summed E-state index contributed by atoms with van der Waals surface area (Å²) in [6.07, 6.45) is 3.40. The molecule has 3 N–H and O–H groups in total. The van der Waals surface area contributed by atoms with Gasteiger partial charge >= 0.3 is 0 Å². The quantitative estimate of drug-likeness (QED) is 0.171. The summed E-state index contributed by atoms with van der Waals surface area (Å²) in [4.78, 5) is 12.7. The molecule has 0 spiro atoms. The average Bonchev–Trinajstić information content (AvgIpc) is 2.99. The van der Waals surface area contributed by atoms with Gasteiger partial charge in [0.05, 0.1) is 23.7 Å². The molecule has 42 heavy (non-hydrogen) atoms. The second-order valence-electron chi connectivity index (χ2n) is 9.69. The maximum absolute atomic E-state index is 15.1. The van der Waals surface area contributed by atoms with Crippen molar-refractivity contribution >= 4 is 21.7 Å². The van der Waals surface area contributed by atoms with Crippen LogP contribution in [0.3, 0.4) is 0 Å². The summed E-state index contributed by atoms with van der Waals surface area (Å²) in [5.41, 5.74) is -0.223. The Bertz CT molecular complexity index is 1660. The van der Waals surface area contributed by atoms with Crippen molar-refractivity contribution in [3.05, 3.63) is 90.0 Å². The van der Waals surface area contributed by atoms with Gasteiger partial charge in [0, 0.05) is 43.5 Å². The van der Waals surface area contributed by atoms with Crippen molar-refractivity contribution in [2.75, 3.05) is 29.8 Å². The highest BCUT2D eigenvalue weighted by Crippen LogP contribution is 2.36. The first-order valence-electron chi connectivity index (χ1n) is 12.9. The monoisotopic (exact) mass is 602 g/mol. The van der Waals surface area contributed by atoms with Gasteiger partial charge in [-0.3, -0.25) is 9.11 Å². The van der Waals surface area contributed by atoms with Crippen molar-refractivity contribution in [2.45, 2.75) is 18.2 Å². The number of sulfonamides is 1. The van der Waals surface area contributed by atoms with Crippen LogP contribution in [0.25, 0.3) is 11.3 Å². The molecular formula is C28H26F4N6O3S. The third-order valence-electron chi connectivity index (χ3n) is 6.48. The number of anilines is 2. The molecule has 0 unspecified atom stereocenters. The van der Waals surface area contributed by atoms with Crippen molar-refractivity contribution in [1.29, 1.82) is 0 Å².